The molecule has 7 heteroatoms. The zero-order chi connectivity index (χ0) is 19.4. The van der Waals surface area contributed by atoms with Crippen molar-refractivity contribution in [1.29, 1.82) is 0 Å². The molecule has 1 fully saturated rings. The molecule has 0 radical (unpaired) electrons. The van der Waals surface area contributed by atoms with E-state index in [-0.39, 0.29) is 22.5 Å². The number of carbonyl (C=O) groups excluding carboxylic acids is 1. The van der Waals surface area contributed by atoms with Crippen molar-refractivity contribution in [2.75, 3.05) is 6.54 Å². The van der Waals surface area contributed by atoms with Crippen molar-refractivity contribution in [3.63, 3.8) is 0 Å². The lowest BCUT2D eigenvalue weighted by atomic mass is 10.2. The van der Waals surface area contributed by atoms with Crippen molar-refractivity contribution in [1.82, 2.24) is 4.90 Å². The van der Waals surface area contributed by atoms with Crippen molar-refractivity contribution in [2.45, 2.75) is 11.8 Å². The van der Waals surface area contributed by atoms with Gasteiger partial charge in [-0.1, -0.05) is 54.1 Å². The van der Waals surface area contributed by atoms with Gasteiger partial charge in [0.1, 0.15) is 0 Å². The second-order valence-electron chi connectivity index (χ2n) is 5.89. The maximum absolute atomic E-state index is 12.7. The van der Waals surface area contributed by atoms with Crippen LogP contribution in [0.15, 0.2) is 81.5 Å². The minimum atomic E-state index is -3.92. The molecule has 0 spiro atoms. The van der Waals surface area contributed by atoms with E-state index in [1.807, 2.05) is 37.3 Å². The van der Waals surface area contributed by atoms with Crippen molar-refractivity contribution in [3.05, 3.63) is 83.3 Å². The Balaban J connectivity index is 1.99. The van der Waals surface area contributed by atoms with E-state index < -0.39 is 10.0 Å². The van der Waals surface area contributed by atoms with E-state index in [1.54, 1.807) is 18.2 Å². The van der Waals surface area contributed by atoms with Crippen LogP contribution in [0.1, 0.15) is 11.1 Å². The molecule has 138 valence electrons. The highest BCUT2D eigenvalue weighted by molar-refractivity contribution is 8.19. The fourth-order valence-corrected chi connectivity index (χ4v) is 4.62. The van der Waals surface area contributed by atoms with Crippen LogP contribution >= 0.6 is 11.8 Å². The lowest BCUT2D eigenvalue weighted by Crippen LogP contribution is -2.29. The van der Waals surface area contributed by atoms with Gasteiger partial charge in [-0.25, -0.2) is 0 Å². The molecule has 5 nitrogen and oxygen atoms in total. The van der Waals surface area contributed by atoms with Crippen LogP contribution in [0.4, 0.5) is 0 Å². The molecular formula is C20H18N2O3S2. The Kier molecular flexibility index (Phi) is 5.62. The molecule has 1 saturated heterocycles. The number of amidine groups is 1. The van der Waals surface area contributed by atoms with Crippen LogP contribution in [0.5, 0.6) is 0 Å². The zero-order valence-electron chi connectivity index (χ0n) is 14.7. The van der Waals surface area contributed by atoms with Gasteiger partial charge in [0.05, 0.1) is 9.80 Å². The SMILES string of the molecule is C=CCN1C(=O)/C(=C/c2ccccc2)S/C1=N\S(=O)(=O)c1ccc(C)cc1. The highest BCUT2D eigenvalue weighted by Gasteiger charge is 2.34. The number of hydrogen-bond acceptors (Lipinski definition) is 4. The molecule has 2 aromatic rings. The first kappa shape index (κ1) is 19.1. The summed E-state index contributed by atoms with van der Waals surface area (Å²) >= 11 is 1.05. The summed E-state index contributed by atoms with van der Waals surface area (Å²) in [5.41, 5.74) is 1.81. The molecule has 0 N–H and O–H groups in total. The topological polar surface area (TPSA) is 66.8 Å². The van der Waals surface area contributed by atoms with Crippen LogP contribution in [0.3, 0.4) is 0 Å². The number of benzene rings is 2. The Morgan fingerprint density at radius 2 is 1.78 bits per heavy atom. The highest BCUT2D eigenvalue weighted by atomic mass is 32.2. The molecule has 3 rings (SSSR count). The average Bonchev–Trinajstić information content (AvgIpc) is 2.91. The summed E-state index contributed by atoms with van der Waals surface area (Å²) in [6, 6.07) is 15.8. The summed E-state index contributed by atoms with van der Waals surface area (Å²) in [5.74, 6) is -0.290. The highest BCUT2D eigenvalue weighted by Crippen LogP contribution is 2.33. The van der Waals surface area contributed by atoms with Gasteiger partial charge in [-0.05, 0) is 42.5 Å². The van der Waals surface area contributed by atoms with Gasteiger partial charge in [0.15, 0.2) is 5.17 Å². The largest absolute Gasteiger partial charge is 0.284 e. The number of aryl methyl sites for hydroxylation is 1. The fraction of sp³-hybridized carbons (Fsp3) is 0.100. The second-order valence-corrected chi connectivity index (χ2v) is 8.50. The van der Waals surface area contributed by atoms with Gasteiger partial charge >= 0.3 is 0 Å². The molecule has 1 heterocycles. The molecule has 0 unspecified atom stereocenters. The van der Waals surface area contributed by atoms with E-state index in [2.05, 4.69) is 11.0 Å². The standard InChI is InChI=1S/C20H18N2O3S2/c1-3-13-22-19(23)18(14-16-7-5-4-6-8-16)26-20(22)21-27(24,25)17-11-9-15(2)10-12-17/h3-12,14H,1,13H2,2H3/b18-14-,21-20-. The van der Waals surface area contributed by atoms with E-state index in [0.29, 0.717) is 4.91 Å². The third-order valence-electron chi connectivity index (χ3n) is 3.81. The van der Waals surface area contributed by atoms with Gasteiger partial charge in [-0.2, -0.15) is 8.42 Å². The Morgan fingerprint density at radius 3 is 2.41 bits per heavy atom. The third-order valence-corrected chi connectivity index (χ3v) is 6.22. The second kappa shape index (κ2) is 7.94. The van der Waals surface area contributed by atoms with Crippen LogP contribution in [0.25, 0.3) is 6.08 Å². The predicted octanol–water partition coefficient (Wildman–Crippen LogP) is 3.84. The number of thioether (sulfide) groups is 1. The number of sulfonamides is 1. The van der Waals surface area contributed by atoms with Gasteiger partial charge in [0.2, 0.25) is 0 Å². The van der Waals surface area contributed by atoms with Gasteiger partial charge < -0.3 is 0 Å². The Bertz CT molecular complexity index is 1020. The molecule has 0 bridgehead atoms. The van der Waals surface area contributed by atoms with Crippen molar-refractivity contribution in [2.24, 2.45) is 4.40 Å². The van der Waals surface area contributed by atoms with E-state index in [1.165, 1.54) is 23.1 Å². The van der Waals surface area contributed by atoms with Gasteiger partial charge in [0.25, 0.3) is 15.9 Å². The maximum Gasteiger partial charge on any atom is 0.284 e. The summed E-state index contributed by atoms with van der Waals surface area (Å²) in [6.45, 7) is 5.70. The lowest BCUT2D eigenvalue weighted by molar-refractivity contribution is -0.121. The number of hydrogen-bond donors (Lipinski definition) is 0. The maximum atomic E-state index is 12.7. The molecule has 1 aliphatic rings. The quantitative estimate of drug-likeness (QED) is 0.567. The molecule has 2 aromatic carbocycles. The Labute approximate surface area is 163 Å². The van der Waals surface area contributed by atoms with Crippen LogP contribution in [-0.2, 0) is 14.8 Å². The van der Waals surface area contributed by atoms with Crippen molar-refractivity contribution >= 4 is 38.9 Å². The smallest absolute Gasteiger partial charge is 0.282 e. The van der Waals surface area contributed by atoms with E-state index >= 15 is 0 Å². The molecule has 1 amide bonds. The number of amides is 1. The van der Waals surface area contributed by atoms with Gasteiger partial charge in [-0.15, -0.1) is 11.0 Å². The number of nitrogens with zero attached hydrogens (tertiary/aromatic N) is 2. The van der Waals surface area contributed by atoms with Crippen LogP contribution in [0, 0.1) is 6.92 Å². The first-order valence-corrected chi connectivity index (χ1v) is 10.5. The monoisotopic (exact) mass is 398 g/mol. The van der Waals surface area contributed by atoms with Gasteiger partial charge in [0, 0.05) is 6.54 Å². The predicted molar refractivity (Wildman–Crippen MR) is 110 cm³/mol. The van der Waals surface area contributed by atoms with Gasteiger partial charge in [-0.3, -0.25) is 9.69 Å². The first-order chi connectivity index (χ1) is 12.9. The van der Waals surface area contributed by atoms with E-state index in [4.69, 9.17) is 0 Å². The van der Waals surface area contributed by atoms with Crippen LogP contribution < -0.4 is 0 Å². The third kappa shape index (κ3) is 4.37. The molecule has 0 aliphatic carbocycles. The molecule has 0 aromatic heterocycles. The normalized spacial score (nSPS) is 17.7. The zero-order valence-corrected chi connectivity index (χ0v) is 16.3. The van der Waals surface area contributed by atoms with Crippen LogP contribution in [-0.4, -0.2) is 30.9 Å². The summed E-state index contributed by atoms with van der Waals surface area (Å²) in [6.07, 6.45) is 3.27. The average molecular weight is 399 g/mol. The molecular weight excluding hydrogens is 380 g/mol. The summed E-state index contributed by atoms with van der Waals surface area (Å²) < 4.78 is 29.2. The fourth-order valence-electron chi connectivity index (χ4n) is 2.43. The van der Waals surface area contributed by atoms with E-state index in [9.17, 15) is 13.2 Å². The minimum Gasteiger partial charge on any atom is -0.282 e. The molecule has 0 saturated carbocycles. The van der Waals surface area contributed by atoms with Crippen LogP contribution in [0.2, 0.25) is 0 Å². The molecule has 1 aliphatic heterocycles. The number of carbonyl (C=O) groups is 1. The summed E-state index contributed by atoms with van der Waals surface area (Å²) in [5, 5.41) is 0.127. The Hall–Kier alpha value is -2.64. The van der Waals surface area contributed by atoms with Crippen molar-refractivity contribution < 1.29 is 13.2 Å². The first-order valence-electron chi connectivity index (χ1n) is 8.20. The summed E-state index contributed by atoms with van der Waals surface area (Å²) in [4.78, 5) is 14.5. The minimum absolute atomic E-state index is 0.0905. The molecule has 27 heavy (non-hydrogen) atoms. The summed E-state index contributed by atoms with van der Waals surface area (Å²) in [7, 11) is -3.92. The van der Waals surface area contributed by atoms with E-state index in [0.717, 1.165) is 22.9 Å². The number of rotatable bonds is 5. The van der Waals surface area contributed by atoms with Crippen molar-refractivity contribution in [3.8, 4) is 0 Å². The Morgan fingerprint density at radius 1 is 1.11 bits per heavy atom. The lowest BCUT2D eigenvalue weighted by Gasteiger charge is -2.12. The molecule has 0 atom stereocenters.